The Morgan fingerprint density at radius 2 is 1.95 bits per heavy atom. The zero-order valence-corrected chi connectivity index (χ0v) is 13.3. The minimum absolute atomic E-state index is 0.507. The Morgan fingerprint density at radius 1 is 1.24 bits per heavy atom. The van der Waals surface area contributed by atoms with E-state index in [9.17, 15) is 0 Å². The first kappa shape index (κ1) is 14.2. The highest BCUT2D eigenvalue weighted by Crippen LogP contribution is 2.37. The number of nitrogen functional groups attached to an aromatic ring is 1. The number of piperidine rings is 1. The van der Waals surface area contributed by atoms with Gasteiger partial charge in [-0.1, -0.05) is 20.3 Å². The van der Waals surface area contributed by atoms with Crippen LogP contribution in [0.2, 0.25) is 0 Å². The molecule has 21 heavy (non-hydrogen) atoms. The molecule has 112 valence electrons. The summed E-state index contributed by atoms with van der Waals surface area (Å²) in [5.74, 6) is 0. The van der Waals surface area contributed by atoms with Crippen LogP contribution in [0.4, 0.5) is 11.4 Å². The van der Waals surface area contributed by atoms with Gasteiger partial charge >= 0.3 is 0 Å². The number of anilines is 2. The Labute approximate surface area is 127 Å². The molecule has 2 aromatic rings. The van der Waals surface area contributed by atoms with E-state index in [1.165, 1.54) is 30.3 Å². The zero-order chi connectivity index (χ0) is 15.0. The average Bonchev–Trinajstić information content (AvgIpc) is 2.48. The van der Waals surface area contributed by atoms with E-state index in [4.69, 9.17) is 5.73 Å². The van der Waals surface area contributed by atoms with Crippen LogP contribution in [0.1, 0.15) is 38.8 Å². The maximum Gasteiger partial charge on any atom is 0.0727 e. The number of hydrogen-bond acceptors (Lipinski definition) is 3. The second-order valence-corrected chi connectivity index (χ2v) is 6.71. The van der Waals surface area contributed by atoms with Crippen LogP contribution >= 0.6 is 0 Å². The number of aromatic nitrogens is 1. The predicted molar refractivity (Wildman–Crippen MR) is 90.7 cm³/mol. The van der Waals surface area contributed by atoms with Gasteiger partial charge in [0.05, 0.1) is 5.52 Å². The van der Waals surface area contributed by atoms with Crippen LogP contribution in [0.5, 0.6) is 0 Å². The van der Waals surface area contributed by atoms with Crippen LogP contribution < -0.4 is 10.6 Å². The number of nitrogens with zero attached hydrogens (tertiary/aromatic N) is 2. The van der Waals surface area contributed by atoms with Crippen molar-refractivity contribution in [1.82, 2.24) is 4.98 Å². The summed E-state index contributed by atoms with van der Waals surface area (Å²) in [6, 6.07) is 8.23. The summed E-state index contributed by atoms with van der Waals surface area (Å²) >= 11 is 0. The van der Waals surface area contributed by atoms with Crippen LogP contribution in [-0.4, -0.2) is 18.1 Å². The van der Waals surface area contributed by atoms with Gasteiger partial charge in [0.15, 0.2) is 0 Å². The molecule has 1 aliphatic heterocycles. The molecule has 2 heterocycles. The van der Waals surface area contributed by atoms with E-state index in [0.717, 1.165) is 30.0 Å². The summed E-state index contributed by atoms with van der Waals surface area (Å²) in [6.07, 6.45) is 3.78. The fraction of sp³-hybridized carbons (Fsp3) is 0.500. The van der Waals surface area contributed by atoms with Crippen LogP contribution in [-0.2, 0) is 0 Å². The number of hydrogen-bond donors (Lipinski definition) is 1. The van der Waals surface area contributed by atoms with Crippen molar-refractivity contribution in [3.63, 3.8) is 0 Å². The lowest BCUT2D eigenvalue weighted by molar-refractivity contribution is 0.238. The summed E-state index contributed by atoms with van der Waals surface area (Å²) < 4.78 is 0. The Morgan fingerprint density at radius 3 is 2.62 bits per heavy atom. The molecule has 2 N–H and O–H groups in total. The van der Waals surface area contributed by atoms with E-state index in [1.54, 1.807) is 0 Å². The van der Waals surface area contributed by atoms with E-state index in [-0.39, 0.29) is 0 Å². The highest BCUT2D eigenvalue weighted by molar-refractivity contribution is 5.94. The third-order valence-corrected chi connectivity index (χ3v) is 5.10. The maximum atomic E-state index is 5.98. The fourth-order valence-corrected chi connectivity index (χ4v) is 3.26. The standard InChI is InChI=1S/C18H25N3/c1-4-18(3)7-9-21(10-8-18)17-11-13(2)20-16-6-5-14(19)12-15(16)17/h5-6,11-12H,4,7-10,19H2,1-3H3. The van der Waals surface area contributed by atoms with Crippen molar-refractivity contribution in [3.05, 3.63) is 30.0 Å². The number of pyridine rings is 1. The first-order valence-electron chi connectivity index (χ1n) is 7.93. The molecule has 0 bridgehead atoms. The van der Waals surface area contributed by atoms with E-state index < -0.39 is 0 Å². The van der Waals surface area contributed by atoms with Gasteiger partial charge in [0.1, 0.15) is 0 Å². The molecule has 1 saturated heterocycles. The molecular weight excluding hydrogens is 258 g/mol. The third kappa shape index (κ3) is 2.69. The fourth-order valence-electron chi connectivity index (χ4n) is 3.26. The first-order valence-corrected chi connectivity index (χ1v) is 7.93. The highest BCUT2D eigenvalue weighted by atomic mass is 15.1. The summed E-state index contributed by atoms with van der Waals surface area (Å²) in [7, 11) is 0. The smallest absolute Gasteiger partial charge is 0.0727 e. The van der Waals surface area contributed by atoms with Crippen LogP contribution in [0.15, 0.2) is 24.3 Å². The monoisotopic (exact) mass is 283 g/mol. The topological polar surface area (TPSA) is 42.2 Å². The molecule has 3 nitrogen and oxygen atoms in total. The molecule has 0 saturated carbocycles. The summed E-state index contributed by atoms with van der Waals surface area (Å²) in [5, 5.41) is 1.18. The molecule has 0 radical (unpaired) electrons. The highest BCUT2D eigenvalue weighted by Gasteiger charge is 2.29. The molecule has 1 aliphatic rings. The van der Waals surface area contributed by atoms with Crippen molar-refractivity contribution in [1.29, 1.82) is 0 Å². The summed E-state index contributed by atoms with van der Waals surface area (Å²) in [6.45, 7) is 9.04. The lowest BCUT2D eigenvalue weighted by Gasteiger charge is -2.40. The van der Waals surface area contributed by atoms with Gasteiger partial charge in [-0.05, 0) is 49.4 Å². The summed E-state index contributed by atoms with van der Waals surface area (Å²) in [4.78, 5) is 7.14. The van der Waals surface area contributed by atoms with Gasteiger partial charge < -0.3 is 10.6 Å². The van der Waals surface area contributed by atoms with Gasteiger partial charge in [-0.25, -0.2) is 0 Å². The quantitative estimate of drug-likeness (QED) is 0.842. The van der Waals surface area contributed by atoms with E-state index >= 15 is 0 Å². The molecule has 0 unspecified atom stereocenters. The lowest BCUT2D eigenvalue weighted by Crippen LogP contribution is -2.38. The second-order valence-electron chi connectivity index (χ2n) is 6.71. The molecule has 3 heteroatoms. The van der Waals surface area contributed by atoms with Gasteiger partial charge in [0, 0.05) is 35.5 Å². The largest absolute Gasteiger partial charge is 0.399 e. The number of rotatable bonds is 2. The van der Waals surface area contributed by atoms with Gasteiger partial charge in [-0.2, -0.15) is 0 Å². The summed E-state index contributed by atoms with van der Waals surface area (Å²) in [5.41, 5.74) is 10.7. The van der Waals surface area contributed by atoms with Crippen molar-refractivity contribution >= 4 is 22.3 Å². The average molecular weight is 283 g/mol. The van der Waals surface area contributed by atoms with Gasteiger partial charge in [-0.15, -0.1) is 0 Å². The number of fused-ring (bicyclic) bond motifs is 1. The van der Waals surface area contributed by atoms with Crippen molar-refractivity contribution in [2.75, 3.05) is 23.7 Å². The molecule has 1 aromatic carbocycles. The SMILES string of the molecule is CCC1(C)CCN(c2cc(C)nc3ccc(N)cc23)CC1. The van der Waals surface area contributed by atoms with Crippen LogP contribution in [0.3, 0.4) is 0 Å². The van der Waals surface area contributed by atoms with E-state index in [0.29, 0.717) is 5.41 Å². The van der Waals surface area contributed by atoms with E-state index in [2.05, 4.69) is 42.8 Å². The van der Waals surface area contributed by atoms with Gasteiger partial charge in [-0.3, -0.25) is 4.98 Å². The Hall–Kier alpha value is -1.77. The molecule has 0 atom stereocenters. The Kier molecular flexibility index (Phi) is 3.52. The molecule has 1 aromatic heterocycles. The molecule has 0 amide bonds. The number of nitrogens with two attached hydrogens (primary N) is 1. The Bertz CT molecular complexity index is 655. The molecule has 0 spiro atoms. The molecule has 3 rings (SSSR count). The van der Waals surface area contributed by atoms with Crippen LogP contribution in [0.25, 0.3) is 10.9 Å². The molecule has 1 fully saturated rings. The van der Waals surface area contributed by atoms with Crippen molar-refractivity contribution in [2.24, 2.45) is 5.41 Å². The number of aryl methyl sites for hydroxylation is 1. The number of benzene rings is 1. The van der Waals surface area contributed by atoms with Crippen molar-refractivity contribution in [2.45, 2.75) is 40.0 Å². The van der Waals surface area contributed by atoms with Gasteiger partial charge in [0.2, 0.25) is 0 Å². The zero-order valence-electron chi connectivity index (χ0n) is 13.3. The minimum Gasteiger partial charge on any atom is -0.399 e. The second kappa shape index (κ2) is 5.21. The molecular formula is C18H25N3. The normalized spacial score (nSPS) is 18.1. The lowest BCUT2D eigenvalue weighted by atomic mass is 9.78. The van der Waals surface area contributed by atoms with Crippen LogP contribution in [0, 0.1) is 12.3 Å². The third-order valence-electron chi connectivity index (χ3n) is 5.10. The molecule has 0 aliphatic carbocycles. The van der Waals surface area contributed by atoms with Crippen molar-refractivity contribution < 1.29 is 0 Å². The predicted octanol–water partition coefficient (Wildman–Crippen LogP) is 4.14. The van der Waals surface area contributed by atoms with Gasteiger partial charge in [0.25, 0.3) is 0 Å². The first-order chi connectivity index (χ1) is 10.0. The maximum absolute atomic E-state index is 5.98. The van der Waals surface area contributed by atoms with E-state index in [1.807, 2.05) is 12.1 Å². The van der Waals surface area contributed by atoms with Crippen molar-refractivity contribution in [3.8, 4) is 0 Å². The minimum atomic E-state index is 0.507. The Balaban J connectivity index is 1.99.